The highest BCUT2D eigenvalue weighted by molar-refractivity contribution is 5.86. The Bertz CT molecular complexity index is 743. The predicted octanol–water partition coefficient (Wildman–Crippen LogP) is 2.06. The lowest BCUT2D eigenvalue weighted by Crippen LogP contribution is -2.57. The van der Waals surface area contributed by atoms with Crippen LogP contribution in [0, 0.1) is 0 Å². The average molecular weight is 342 g/mol. The van der Waals surface area contributed by atoms with Crippen molar-refractivity contribution in [2.75, 3.05) is 31.1 Å². The quantitative estimate of drug-likeness (QED) is 0.918. The molecular formula is C19H26N4O2. The molecule has 2 aliphatic rings. The first kappa shape index (κ1) is 16.5. The monoisotopic (exact) mass is 342 g/mol. The molecule has 2 atom stereocenters. The smallest absolute Gasteiger partial charge is 0.224 e. The number of aliphatic hydroxyl groups is 1. The summed E-state index contributed by atoms with van der Waals surface area (Å²) in [7, 11) is 0. The molecule has 0 spiro atoms. The molecule has 1 saturated carbocycles. The van der Waals surface area contributed by atoms with E-state index < -0.39 is 0 Å². The van der Waals surface area contributed by atoms with Gasteiger partial charge in [0.15, 0.2) is 0 Å². The van der Waals surface area contributed by atoms with Crippen LogP contribution in [0.5, 0.6) is 5.88 Å². The fourth-order valence-electron chi connectivity index (χ4n) is 3.74. The molecule has 2 aromatic rings. The largest absolute Gasteiger partial charge is 0.474 e. The first-order chi connectivity index (χ1) is 12.1. The molecular weight excluding hydrogens is 316 g/mol. The van der Waals surface area contributed by atoms with Crippen LogP contribution in [-0.4, -0.2) is 64.4 Å². The molecule has 1 N–H and O–H groups in total. The van der Waals surface area contributed by atoms with Crippen LogP contribution in [0.2, 0.25) is 0 Å². The summed E-state index contributed by atoms with van der Waals surface area (Å²) in [4.78, 5) is 13.5. The minimum absolute atomic E-state index is 0.0826. The maximum absolute atomic E-state index is 9.88. The van der Waals surface area contributed by atoms with Crippen molar-refractivity contribution in [1.82, 2.24) is 14.9 Å². The molecule has 1 saturated heterocycles. The van der Waals surface area contributed by atoms with Crippen molar-refractivity contribution in [2.24, 2.45) is 0 Å². The normalized spacial score (nSPS) is 24.6. The van der Waals surface area contributed by atoms with Gasteiger partial charge in [-0.2, -0.15) is 0 Å². The highest BCUT2D eigenvalue weighted by atomic mass is 16.5. The van der Waals surface area contributed by atoms with E-state index in [0.29, 0.717) is 11.9 Å². The van der Waals surface area contributed by atoms with Gasteiger partial charge in [0.2, 0.25) is 5.88 Å². The minimum atomic E-state index is -0.125. The number of piperazine rings is 1. The highest BCUT2D eigenvalue weighted by Crippen LogP contribution is 2.30. The summed E-state index contributed by atoms with van der Waals surface area (Å²) in [6, 6.07) is 6.68. The Labute approximate surface area is 148 Å². The molecule has 6 nitrogen and oxygen atoms in total. The van der Waals surface area contributed by atoms with Gasteiger partial charge in [0.25, 0.3) is 0 Å². The summed E-state index contributed by atoms with van der Waals surface area (Å²) in [5.74, 6) is 0.651. The lowest BCUT2D eigenvalue weighted by molar-refractivity contribution is -0.0229. The van der Waals surface area contributed by atoms with Crippen LogP contribution in [0.4, 0.5) is 5.69 Å². The van der Waals surface area contributed by atoms with Gasteiger partial charge in [-0.05, 0) is 44.9 Å². The van der Waals surface area contributed by atoms with Crippen LogP contribution in [0.3, 0.4) is 0 Å². The Balaban J connectivity index is 1.52. The SMILES string of the molecule is CC(C)Oc1ncnc2ccc(N3CCN(C4CCC4O)CC3)cc12. The second-order valence-corrected chi connectivity index (χ2v) is 7.28. The molecule has 0 amide bonds. The third-order valence-electron chi connectivity index (χ3n) is 5.28. The Morgan fingerprint density at radius 2 is 1.92 bits per heavy atom. The Morgan fingerprint density at radius 3 is 2.56 bits per heavy atom. The molecule has 134 valence electrons. The van der Waals surface area contributed by atoms with Gasteiger partial charge in [0, 0.05) is 37.9 Å². The van der Waals surface area contributed by atoms with Crippen LogP contribution < -0.4 is 9.64 Å². The van der Waals surface area contributed by atoms with Gasteiger partial charge in [-0.3, -0.25) is 4.90 Å². The first-order valence-corrected chi connectivity index (χ1v) is 9.20. The lowest BCUT2D eigenvalue weighted by Gasteiger charge is -2.46. The molecule has 1 aliphatic carbocycles. The summed E-state index contributed by atoms with van der Waals surface area (Å²) in [5.41, 5.74) is 2.09. The molecule has 4 rings (SSSR count). The molecule has 6 heteroatoms. The van der Waals surface area contributed by atoms with Gasteiger partial charge in [0.05, 0.1) is 23.1 Å². The number of anilines is 1. The van der Waals surface area contributed by atoms with Gasteiger partial charge >= 0.3 is 0 Å². The molecule has 2 heterocycles. The van der Waals surface area contributed by atoms with Crippen molar-refractivity contribution in [3.63, 3.8) is 0 Å². The highest BCUT2D eigenvalue weighted by Gasteiger charge is 2.35. The molecule has 2 unspecified atom stereocenters. The van der Waals surface area contributed by atoms with Crippen LogP contribution in [-0.2, 0) is 0 Å². The van der Waals surface area contributed by atoms with Gasteiger partial charge < -0.3 is 14.7 Å². The van der Waals surface area contributed by atoms with Gasteiger partial charge in [-0.25, -0.2) is 9.97 Å². The standard InChI is InChI=1S/C19H26N4O2/c1-13(2)25-19-15-11-14(3-4-16(15)20-12-21-19)22-7-9-23(10-8-22)17-5-6-18(17)24/h3-4,11-13,17-18,24H,5-10H2,1-2H3. The Morgan fingerprint density at radius 1 is 1.12 bits per heavy atom. The van der Waals surface area contributed by atoms with Crippen molar-refractivity contribution in [1.29, 1.82) is 0 Å². The van der Waals surface area contributed by atoms with Gasteiger partial charge in [0.1, 0.15) is 6.33 Å². The maximum Gasteiger partial charge on any atom is 0.224 e. The topological polar surface area (TPSA) is 61.7 Å². The van der Waals surface area contributed by atoms with E-state index >= 15 is 0 Å². The van der Waals surface area contributed by atoms with Crippen molar-refractivity contribution < 1.29 is 9.84 Å². The van der Waals surface area contributed by atoms with Crippen molar-refractivity contribution in [3.05, 3.63) is 24.5 Å². The van der Waals surface area contributed by atoms with Crippen LogP contribution >= 0.6 is 0 Å². The van der Waals surface area contributed by atoms with Gasteiger partial charge in [-0.1, -0.05) is 0 Å². The number of benzene rings is 1. The van der Waals surface area contributed by atoms with Gasteiger partial charge in [-0.15, -0.1) is 0 Å². The van der Waals surface area contributed by atoms with E-state index in [-0.39, 0.29) is 12.2 Å². The van der Waals surface area contributed by atoms with Crippen molar-refractivity contribution >= 4 is 16.6 Å². The number of ether oxygens (including phenoxy) is 1. The predicted molar refractivity (Wildman–Crippen MR) is 98.1 cm³/mol. The molecule has 1 aromatic carbocycles. The number of hydrogen-bond acceptors (Lipinski definition) is 6. The average Bonchev–Trinajstić information content (AvgIpc) is 2.61. The van der Waals surface area contributed by atoms with Crippen molar-refractivity contribution in [3.8, 4) is 5.88 Å². The van der Waals surface area contributed by atoms with E-state index in [1.807, 2.05) is 19.9 Å². The molecule has 2 fully saturated rings. The van der Waals surface area contributed by atoms with E-state index in [2.05, 4.69) is 31.9 Å². The molecule has 0 radical (unpaired) electrons. The summed E-state index contributed by atoms with van der Waals surface area (Å²) >= 11 is 0. The van der Waals surface area contributed by atoms with Crippen molar-refractivity contribution in [2.45, 2.75) is 44.9 Å². The van der Waals surface area contributed by atoms with E-state index in [1.54, 1.807) is 6.33 Å². The molecule has 25 heavy (non-hydrogen) atoms. The second-order valence-electron chi connectivity index (χ2n) is 7.28. The fraction of sp³-hybridized carbons (Fsp3) is 0.579. The van der Waals surface area contributed by atoms with E-state index in [4.69, 9.17) is 4.74 Å². The number of aliphatic hydroxyl groups excluding tert-OH is 1. The van der Waals surface area contributed by atoms with Crippen LogP contribution in [0.25, 0.3) is 10.9 Å². The number of hydrogen-bond donors (Lipinski definition) is 1. The lowest BCUT2D eigenvalue weighted by atomic mass is 9.87. The van der Waals surface area contributed by atoms with Crippen LogP contribution in [0.15, 0.2) is 24.5 Å². The Kier molecular flexibility index (Phi) is 4.48. The third kappa shape index (κ3) is 3.28. The zero-order valence-corrected chi connectivity index (χ0v) is 14.9. The summed E-state index contributed by atoms with van der Waals surface area (Å²) in [5, 5.41) is 10.8. The maximum atomic E-state index is 9.88. The minimum Gasteiger partial charge on any atom is -0.474 e. The number of aromatic nitrogens is 2. The zero-order valence-electron chi connectivity index (χ0n) is 14.9. The van der Waals surface area contributed by atoms with E-state index in [1.165, 1.54) is 5.69 Å². The second kappa shape index (κ2) is 6.77. The third-order valence-corrected chi connectivity index (χ3v) is 5.28. The summed E-state index contributed by atoms with van der Waals surface area (Å²) in [6.45, 7) is 7.96. The Hall–Kier alpha value is -1.92. The molecule has 0 bridgehead atoms. The summed E-state index contributed by atoms with van der Waals surface area (Å²) < 4.78 is 5.85. The number of rotatable bonds is 4. The summed E-state index contributed by atoms with van der Waals surface area (Å²) in [6.07, 6.45) is 3.60. The van der Waals surface area contributed by atoms with Crippen LogP contribution in [0.1, 0.15) is 26.7 Å². The first-order valence-electron chi connectivity index (χ1n) is 9.20. The number of fused-ring (bicyclic) bond motifs is 1. The van der Waals surface area contributed by atoms with E-state index in [9.17, 15) is 5.11 Å². The number of nitrogens with zero attached hydrogens (tertiary/aromatic N) is 4. The zero-order chi connectivity index (χ0) is 17.4. The fourth-order valence-corrected chi connectivity index (χ4v) is 3.74. The molecule has 1 aromatic heterocycles. The molecule has 1 aliphatic heterocycles. The van der Waals surface area contributed by atoms with E-state index in [0.717, 1.165) is 49.9 Å².